The molecule has 35 heteroatoms. The first-order chi connectivity index (χ1) is 46.1. The third kappa shape index (κ3) is 20.4. The molecule has 1 N–H and O–H groups in total. The molecule has 3 heterocycles. The summed E-state index contributed by atoms with van der Waals surface area (Å²) in [6.45, 7) is 9.45. The lowest BCUT2D eigenvalue weighted by Gasteiger charge is -2.48. The van der Waals surface area contributed by atoms with Crippen LogP contribution in [0.1, 0.15) is 124 Å². The Morgan fingerprint density at radius 3 is 1.19 bits per heavy atom. The summed E-state index contributed by atoms with van der Waals surface area (Å²) in [6.07, 6.45) is -23.4. The molecule has 0 radical (unpaired) electrons. The monoisotopic (exact) mass is 1420 g/mol. The number of aromatic hydroxyl groups is 1. The average Bonchev–Trinajstić information content (AvgIpc) is 0.772. The van der Waals surface area contributed by atoms with Crippen LogP contribution in [0, 0.1) is 0 Å². The van der Waals surface area contributed by atoms with E-state index in [0.717, 1.165) is 88.3 Å². The molecule has 5 aliphatic rings. The highest BCUT2D eigenvalue weighted by molar-refractivity contribution is 6.55. The molecule has 2 aromatic rings. The molecule has 98 heavy (non-hydrogen) atoms. The number of phenols is 1. The van der Waals surface area contributed by atoms with Gasteiger partial charge < -0.3 is 85.6 Å². The predicted octanol–water partition coefficient (Wildman–Crippen LogP) is 3.42. The SMILES string of the molecule is CC(=O)OCC1OC(OC2=C(CC=C(Cl)Cl)C(=O)c3ccccc3C2=O)C(OC(C)=O)C(OC(C)=O)C1OC(C)=O.CC(=O)OC[C@H]1O[C@H](O[C@H]2[C@H](OC(C)=O)[C@@H](OC(C)=O)[C@H](OC3=CC(=O)c4cccc(O)c4C3=O)O[C@@H]2COC(C)=O)[C@H](OC(C)=O)[C@@H](OC(C)=O)[C@@H]1OC(C)=O. The number of rotatable bonds is 22. The molecule has 33 nitrogen and oxygen atoms in total. The van der Waals surface area contributed by atoms with Crippen molar-refractivity contribution in [2.24, 2.45) is 0 Å². The van der Waals surface area contributed by atoms with E-state index in [9.17, 15) is 77.0 Å². The molecule has 0 saturated carbocycles. The van der Waals surface area contributed by atoms with E-state index >= 15 is 0 Å². The van der Waals surface area contributed by atoms with Crippen molar-refractivity contribution in [3.05, 3.63) is 98.5 Å². The van der Waals surface area contributed by atoms with Gasteiger partial charge in [0.15, 0.2) is 66.0 Å². The number of Topliss-reactive ketones (excluding diaryl/α,β-unsaturated/α-hetero) is 3. The molecule has 5 unspecified atom stereocenters. The first-order valence-electron chi connectivity index (χ1n) is 29.3. The zero-order valence-corrected chi connectivity index (χ0v) is 55.5. The first kappa shape index (κ1) is 77.3. The molecule has 0 amide bonds. The normalized spacial score (nSPS) is 26.2. The second-order valence-electron chi connectivity index (χ2n) is 21.6. The van der Waals surface area contributed by atoms with Gasteiger partial charge in [-0.1, -0.05) is 59.6 Å². The van der Waals surface area contributed by atoms with Crippen molar-refractivity contribution in [2.45, 2.75) is 175 Å². The number of hydrogen-bond donors (Lipinski definition) is 1. The molecule has 15 atom stereocenters. The number of benzene rings is 2. The van der Waals surface area contributed by atoms with Crippen molar-refractivity contribution >= 4 is 112 Å². The van der Waals surface area contributed by atoms with Crippen LogP contribution in [-0.4, -0.2) is 206 Å². The van der Waals surface area contributed by atoms with Gasteiger partial charge in [0.05, 0.1) is 11.1 Å². The van der Waals surface area contributed by atoms with E-state index in [2.05, 4.69) is 0 Å². The molecule has 2 aromatic carbocycles. The number of ether oxygens (including phenoxy) is 17. The highest BCUT2D eigenvalue weighted by atomic mass is 35.5. The van der Waals surface area contributed by atoms with Gasteiger partial charge in [0.2, 0.25) is 36.4 Å². The van der Waals surface area contributed by atoms with E-state index < -0.39 is 224 Å². The Kier molecular flexibility index (Phi) is 27.2. The summed E-state index contributed by atoms with van der Waals surface area (Å²) in [7, 11) is 0. The van der Waals surface area contributed by atoms with E-state index in [1.165, 1.54) is 30.3 Å². The van der Waals surface area contributed by atoms with Crippen molar-refractivity contribution in [1.82, 2.24) is 0 Å². The largest absolute Gasteiger partial charge is 0.507 e. The van der Waals surface area contributed by atoms with Crippen LogP contribution in [0.4, 0.5) is 0 Å². The van der Waals surface area contributed by atoms with Gasteiger partial charge in [-0.3, -0.25) is 71.9 Å². The fourth-order valence-corrected chi connectivity index (χ4v) is 10.6. The Balaban J connectivity index is 0.000000326. The Bertz CT molecular complexity index is 3580. The maximum atomic E-state index is 13.6. The molecule has 0 spiro atoms. The summed E-state index contributed by atoms with van der Waals surface area (Å²) in [4.78, 5) is 187. The number of carbonyl (C=O) groups excluding carboxylic acids is 15. The van der Waals surface area contributed by atoms with Crippen LogP contribution in [0.2, 0.25) is 0 Å². The number of phenolic OH excluding ortho intramolecular Hbond substituents is 1. The minimum Gasteiger partial charge on any atom is -0.507 e. The highest BCUT2D eigenvalue weighted by Crippen LogP contribution is 2.40. The Labute approximate surface area is 566 Å². The molecule has 0 aromatic heterocycles. The Morgan fingerprint density at radius 1 is 0.418 bits per heavy atom. The molecule has 0 bridgehead atoms. The minimum absolute atomic E-state index is 0.0304. The number of ketones is 4. The summed E-state index contributed by atoms with van der Waals surface area (Å²) < 4.78 is 94.6. The number of fused-ring (bicyclic) bond motifs is 2. The van der Waals surface area contributed by atoms with E-state index in [-0.39, 0.29) is 33.2 Å². The van der Waals surface area contributed by atoms with Crippen LogP contribution in [0.25, 0.3) is 0 Å². The zero-order valence-electron chi connectivity index (χ0n) is 54.0. The summed E-state index contributed by atoms with van der Waals surface area (Å²) in [5.74, 6) is -14.5. The average molecular weight is 1420 g/mol. The van der Waals surface area contributed by atoms with Gasteiger partial charge in [0.1, 0.15) is 54.5 Å². The zero-order chi connectivity index (χ0) is 72.7. The lowest BCUT2D eigenvalue weighted by atomic mass is 9.86. The van der Waals surface area contributed by atoms with Gasteiger partial charge in [0.25, 0.3) is 0 Å². The van der Waals surface area contributed by atoms with Crippen molar-refractivity contribution in [2.75, 3.05) is 19.8 Å². The standard InChI is InChI=1S/C36H40O21.C27H26Cl2O12/c1-14(37)47-12-25-29(49-16(3)39)31(50-17(4)40)34(53-20(7)43)36(56-25)57-30-26(13-48-15(2)38)55-35(33(52-19(6)42)32(30)51-18(5)41)54-24-11-23(45)21-9-8-10-22(44)27(21)28(24)46;1-12(30)36-11-19-24(37-13(2)31)25(38-14(3)32)26(39-15(4)33)27(40-19)41-23-18(9-10-20(28)29)21(34)16-7-5-6-8-17(16)22(23)35/h8-11,25-26,29-36,44H,12-13H2,1-7H3;5-8,10,19,24-27H,9,11H2,1-4H3/t25-,26-,29-,30-,31+,32+,33-,34-,35-,36-;/m1./s1. The number of esters is 11. The van der Waals surface area contributed by atoms with Gasteiger partial charge in [-0.15, -0.1) is 0 Å². The third-order valence-electron chi connectivity index (χ3n) is 14.0. The minimum atomic E-state index is -1.94. The van der Waals surface area contributed by atoms with E-state index in [1.54, 1.807) is 12.1 Å². The highest BCUT2D eigenvalue weighted by Gasteiger charge is 2.59. The third-order valence-corrected chi connectivity index (χ3v) is 14.3. The van der Waals surface area contributed by atoms with Crippen molar-refractivity contribution in [1.29, 1.82) is 0 Å². The molecule has 7 rings (SSSR count). The summed E-state index contributed by atoms with van der Waals surface area (Å²) in [6, 6.07) is 9.82. The van der Waals surface area contributed by atoms with E-state index in [1.807, 2.05) is 0 Å². The molecule has 2 aliphatic carbocycles. The van der Waals surface area contributed by atoms with Crippen LogP contribution in [0.15, 0.2) is 76.2 Å². The van der Waals surface area contributed by atoms with Gasteiger partial charge in [-0.25, -0.2) is 0 Å². The van der Waals surface area contributed by atoms with Crippen LogP contribution < -0.4 is 0 Å². The molecule has 3 saturated heterocycles. The van der Waals surface area contributed by atoms with E-state index in [4.69, 9.17) is 104 Å². The second kappa shape index (κ2) is 34.5. The number of allylic oxidation sites excluding steroid dienone is 5. The van der Waals surface area contributed by atoms with Crippen molar-refractivity contribution in [3.8, 4) is 5.75 Å². The number of hydrogen-bond acceptors (Lipinski definition) is 33. The lowest BCUT2D eigenvalue weighted by Crippen LogP contribution is -2.67. The lowest BCUT2D eigenvalue weighted by molar-refractivity contribution is -0.358. The van der Waals surface area contributed by atoms with Crippen LogP contribution in [0.3, 0.4) is 0 Å². The molecule has 3 fully saturated rings. The van der Waals surface area contributed by atoms with Crippen LogP contribution in [-0.2, 0) is 133 Å². The molecule has 530 valence electrons. The fraction of sp³-hybridized carbons (Fsp3) is 0.476. The summed E-state index contributed by atoms with van der Waals surface area (Å²) >= 11 is 11.5. The maximum Gasteiger partial charge on any atom is 0.303 e. The summed E-state index contributed by atoms with van der Waals surface area (Å²) in [5, 5.41) is 10.4. The molecular formula is C63H66Cl2O33. The number of halogens is 2. The Hall–Kier alpha value is -9.67. The Morgan fingerprint density at radius 2 is 0.776 bits per heavy atom. The topological polar surface area (TPSA) is 433 Å². The van der Waals surface area contributed by atoms with Gasteiger partial charge in [-0.05, 0) is 12.1 Å². The summed E-state index contributed by atoms with van der Waals surface area (Å²) in [5.41, 5.74) is -0.543. The van der Waals surface area contributed by atoms with Crippen LogP contribution >= 0.6 is 23.2 Å². The second-order valence-corrected chi connectivity index (χ2v) is 22.6. The van der Waals surface area contributed by atoms with Gasteiger partial charge in [-0.2, -0.15) is 0 Å². The van der Waals surface area contributed by atoms with Gasteiger partial charge >= 0.3 is 65.7 Å². The van der Waals surface area contributed by atoms with Crippen LogP contribution in [0.5, 0.6) is 5.75 Å². The predicted molar refractivity (Wildman–Crippen MR) is 319 cm³/mol. The molecular weight excluding hydrogens is 1360 g/mol. The smallest absolute Gasteiger partial charge is 0.303 e. The molecule has 3 aliphatic heterocycles. The van der Waals surface area contributed by atoms with Crippen molar-refractivity contribution in [3.63, 3.8) is 0 Å². The number of carbonyl (C=O) groups is 15. The first-order valence-corrected chi connectivity index (χ1v) is 30.1. The van der Waals surface area contributed by atoms with E-state index in [0.29, 0.717) is 0 Å². The van der Waals surface area contributed by atoms with Gasteiger partial charge in [0, 0.05) is 105 Å². The maximum absolute atomic E-state index is 13.6. The quantitative estimate of drug-likeness (QED) is 0.130. The fourth-order valence-electron chi connectivity index (χ4n) is 10.4. The van der Waals surface area contributed by atoms with Crippen molar-refractivity contribution < 1.29 is 158 Å².